The zero-order valence-corrected chi connectivity index (χ0v) is 11.6. The molecule has 0 amide bonds. The molecule has 0 aromatic carbocycles. The highest BCUT2D eigenvalue weighted by atomic mass is 16.7. The van der Waals surface area contributed by atoms with Crippen molar-refractivity contribution in [3.05, 3.63) is 0 Å². The molecule has 1 aliphatic heterocycles. The van der Waals surface area contributed by atoms with E-state index < -0.39 is 5.60 Å². The predicted octanol–water partition coefficient (Wildman–Crippen LogP) is 0.907. The Morgan fingerprint density at radius 3 is 2.39 bits per heavy atom. The molecule has 0 saturated carbocycles. The molecule has 5 nitrogen and oxygen atoms in total. The first kappa shape index (κ1) is 15.9. The lowest BCUT2D eigenvalue weighted by Crippen LogP contribution is -2.45. The predicted molar refractivity (Wildman–Crippen MR) is 69.5 cm³/mol. The molecule has 0 aromatic heterocycles. The van der Waals surface area contributed by atoms with Gasteiger partial charge in [-0.05, 0) is 13.8 Å². The van der Waals surface area contributed by atoms with Crippen LogP contribution in [0.15, 0.2) is 0 Å². The van der Waals surface area contributed by atoms with E-state index >= 15 is 0 Å². The van der Waals surface area contributed by atoms with Gasteiger partial charge in [0.2, 0.25) is 0 Å². The van der Waals surface area contributed by atoms with Gasteiger partial charge in [-0.1, -0.05) is 0 Å². The highest BCUT2D eigenvalue weighted by Gasteiger charge is 2.29. The molecule has 1 aliphatic rings. The maximum Gasteiger partial charge on any atom is 0.158 e. The van der Waals surface area contributed by atoms with Crippen LogP contribution in [0.3, 0.4) is 0 Å². The monoisotopic (exact) mass is 261 g/mol. The first-order valence-electron chi connectivity index (χ1n) is 6.94. The summed E-state index contributed by atoms with van der Waals surface area (Å²) in [5.74, 6) is 0. The third-order valence-corrected chi connectivity index (χ3v) is 3.14. The van der Waals surface area contributed by atoms with Gasteiger partial charge in [0.15, 0.2) is 6.29 Å². The molecule has 0 radical (unpaired) electrons. The van der Waals surface area contributed by atoms with E-state index in [2.05, 4.69) is 5.32 Å². The van der Waals surface area contributed by atoms with Gasteiger partial charge in [-0.25, -0.2) is 0 Å². The molecular weight excluding hydrogens is 234 g/mol. The minimum absolute atomic E-state index is 0.142. The lowest BCUT2D eigenvalue weighted by Gasteiger charge is -2.32. The van der Waals surface area contributed by atoms with Crippen molar-refractivity contribution in [2.75, 3.05) is 39.5 Å². The van der Waals surface area contributed by atoms with Gasteiger partial charge in [0.05, 0.1) is 5.60 Å². The van der Waals surface area contributed by atoms with Crippen LogP contribution >= 0.6 is 0 Å². The molecular formula is C13H27NO4. The van der Waals surface area contributed by atoms with Gasteiger partial charge in [-0.3, -0.25) is 0 Å². The van der Waals surface area contributed by atoms with Gasteiger partial charge in [-0.15, -0.1) is 0 Å². The summed E-state index contributed by atoms with van der Waals surface area (Å²) in [5, 5.41) is 13.5. The van der Waals surface area contributed by atoms with E-state index in [4.69, 9.17) is 14.2 Å². The maximum absolute atomic E-state index is 10.2. The maximum atomic E-state index is 10.2. The van der Waals surface area contributed by atoms with E-state index in [1.165, 1.54) is 0 Å². The second kappa shape index (κ2) is 8.82. The average Bonchev–Trinajstić information content (AvgIpc) is 2.36. The first-order chi connectivity index (χ1) is 8.70. The molecule has 0 aliphatic carbocycles. The Morgan fingerprint density at radius 2 is 1.83 bits per heavy atom. The van der Waals surface area contributed by atoms with Crippen LogP contribution in [0.5, 0.6) is 0 Å². The summed E-state index contributed by atoms with van der Waals surface area (Å²) in [5.41, 5.74) is -0.606. The molecule has 1 heterocycles. The van der Waals surface area contributed by atoms with Crippen LogP contribution in [-0.2, 0) is 14.2 Å². The minimum atomic E-state index is -0.606. The quantitative estimate of drug-likeness (QED) is 0.477. The molecule has 0 bridgehead atoms. The van der Waals surface area contributed by atoms with Crippen LogP contribution in [0.4, 0.5) is 0 Å². The molecule has 5 heteroatoms. The number of aliphatic hydroxyl groups is 1. The molecule has 1 rings (SSSR count). The molecule has 2 N–H and O–H groups in total. The van der Waals surface area contributed by atoms with Gasteiger partial charge < -0.3 is 24.6 Å². The fraction of sp³-hybridized carbons (Fsp3) is 1.00. The third-order valence-electron chi connectivity index (χ3n) is 3.14. The summed E-state index contributed by atoms with van der Waals surface area (Å²) >= 11 is 0. The Balaban J connectivity index is 2.12. The van der Waals surface area contributed by atoms with Crippen LogP contribution in [0.25, 0.3) is 0 Å². The zero-order valence-electron chi connectivity index (χ0n) is 11.6. The Hall–Kier alpha value is -0.200. The molecule has 0 atom stereocenters. The number of rotatable bonds is 9. The van der Waals surface area contributed by atoms with Gasteiger partial charge in [0, 0.05) is 58.8 Å². The molecule has 1 saturated heterocycles. The van der Waals surface area contributed by atoms with Crippen molar-refractivity contribution in [3.8, 4) is 0 Å². The van der Waals surface area contributed by atoms with Crippen molar-refractivity contribution in [3.63, 3.8) is 0 Å². The van der Waals surface area contributed by atoms with Crippen LogP contribution < -0.4 is 5.32 Å². The Kier molecular flexibility index (Phi) is 7.77. The minimum Gasteiger partial charge on any atom is -0.388 e. The topological polar surface area (TPSA) is 60.0 Å². The fourth-order valence-corrected chi connectivity index (χ4v) is 2.06. The van der Waals surface area contributed by atoms with E-state index in [9.17, 15) is 5.11 Å². The van der Waals surface area contributed by atoms with Gasteiger partial charge in [-0.2, -0.15) is 0 Å². The molecule has 1 fully saturated rings. The van der Waals surface area contributed by atoms with Crippen LogP contribution in [0.2, 0.25) is 0 Å². The van der Waals surface area contributed by atoms with Crippen molar-refractivity contribution in [2.45, 2.75) is 45.0 Å². The smallest absolute Gasteiger partial charge is 0.158 e. The van der Waals surface area contributed by atoms with E-state index in [0.29, 0.717) is 45.8 Å². The van der Waals surface area contributed by atoms with Crippen molar-refractivity contribution >= 4 is 0 Å². The summed E-state index contributed by atoms with van der Waals surface area (Å²) in [4.78, 5) is 0. The number of nitrogens with one attached hydrogen (secondary N) is 1. The highest BCUT2D eigenvalue weighted by molar-refractivity contribution is 4.83. The zero-order chi connectivity index (χ0) is 13.3. The third kappa shape index (κ3) is 6.11. The summed E-state index contributed by atoms with van der Waals surface area (Å²) in [6.07, 6.45) is 2.08. The second-order valence-electron chi connectivity index (χ2n) is 4.64. The SMILES string of the molecule is CCOC(CCNCC1(O)CCOCC1)OCC. The average molecular weight is 261 g/mol. The number of hydrogen-bond acceptors (Lipinski definition) is 5. The highest BCUT2D eigenvalue weighted by Crippen LogP contribution is 2.19. The first-order valence-corrected chi connectivity index (χ1v) is 6.94. The Bertz CT molecular complexity index is 201. The Morgan fingerprint density at radius 1 is 1.22 bits per heavy atom. The van der Waals surface area contributed by atoms with E-state index in [0.717, 1.165) is 13.0 Å². The Labute approximate surface area is 110 Å². The fourth-order valence-electron chi connectivity index (χ4n) is 2.06. The lowest BCUT2D eigenvalue weighted by molar-refractivity contribution is -0.139. The summed E-state index contributed by atoms with van der Waals surface area (Å²) < 4.78 is 16.2. The van der Waals surface area contributed by atoms with Crippen molar-refractivity contribution < 1.29 is 19.3 Å². The van der Waals surface area contributed by atoms with Crippen molar-refractivity contribution in [1.29, 1.82) is 0 Å². The molecule has 0 spiro atoms. The van der Waals surface area contributed by atoms with Gasteiger partial charge >= 0.3 is 0 Å². The molecule has 108 valence electrons. The second-order valence-corrected chi connectivity index (χ2v) is 4.64. The van der Waals surface area contributed by atoms with E-state index in [-0.39, 0.29) is 6.29 Å². The molecule has 0 aromatic rings. The summed E-state index contributed by atoms with van der Waals surface area (Å²) in [6, 6.07) is 0. The van der Waals surface area contributed by atoms with Crippen LogP contribution in [-0.4, -0.2) is 56.5 Å². The van der Waals surface area contributed by atoms with Gasteiger partial charge in [0.1, 0.15) is 0 Å². The van der Waals surface area contributed by atoms with Crippen LogP contribution in [0, 0.1) is 0 Å². The van der Waals surface area contributed by atoms with Gasteiger partial charge in [0.25, 0.3) is 0 Å². The lowest BCUT2D eigenvalue weighted by atomic mass is 9.94. The normalized spacial score (nSPS) is 19.3. The summed E-state index contributed by atoms with van der Waals surface area (Å²) in [7, 11) is 0. The van der Waals surface area contributed by atoms with Crippen molar-refractivity contribution in [1.82, 2.24) is 5.32 Å². The number of ether oxygens (including phenoxy) is 3. The summed E-state index contributed by atoms with van der Waals surface area (Å²) in [6.45, 7) is 7.94. The van der Waals surface area contributed by atoms with Crippen molar-refractivity contribution in [2.24, 2.45) is 0 Å². The molecule has 0 unspecified atom stereocenters. The molecule has 18 heavy (non-hydrogen) atoms. The number of hydrogen-bond donors (Lipinski definition) is 2. The van der Waals surface area contributed by atoms with E-state index in [1.54, 1.807) is 0 Å². The largest absolute Gasteiger partial charge is 0.388 e. The van der Waals surface area contributed by atoms with Crippen LogP contribution in [0.1, 0.15) is 33.1 Å². The van der Waals surface area contributed by atoms with E-state index in [1.807, 2.05) is 13.8 Å². The standard InChI is InChI=1S/C13H27NO4/c1-3-17-12(18-4-2)5-8-14-11-13(15)6-9-16-10-7-13/h12,14-15H,3-11H2,1-2H3.